The summed E-state index contributed by atoms with van der Waals surface area (Å²) in [6, 6.07) is 11.2. The third-order valence-corrected chi connectivity index (χ3v) is 4.58. The van der Waals surface area contributed by atoms with Crippen LogP contribution >= 0.6 is 22.9 Å². The van der Waals surface area contributed by atoms with E-state index in [-0.39, 0.29) is 5.75 Å². The first-order valence-electron chi connectivity index (χ1n) is 6.56. The summed E-state index contributed by atoms with van der Waals surface area (Å²) in [6.07, 6.45) is 1.66. The molecule has 1 heterocycles. The van der Waals surface area contributed by atoms with Crippen LogP contribution in [0.1, 0.15) is 10.6 Å². The summed E-state index contributed by atoms with van der Waals surface area (Å²) in [7, 11) is 1.54. The van der Waals surface area contributed by atoms with Crippen LogP contribution in [0, 0.1) is 0 Å². The van der Waals surface area contributed by atoms with E-state index >= 15 is 0 Å². The van der Waals surface area contributed by atoms with Crippen LogP contribution < -0.4 is 4.74 Å². The molecule has 0 bridgehead atoms. The molecule has 0 saturated heterocycles. The van der Waals surface area contributed by atoms with E-state index in [1.54, 1.807) is 30.6 Å². The molecule has 0 aliphatic carbocycles. The number of methoxy groups -OCH3 is 1. The minimum atomic E-state index is 0.172. The molecule has 0 unspecified atom stereocenters. The maximum Gasteiger partial charge on any atom is 0.160 e. The topological polar surface area (TPSA) is 42.4 Å². The van der Waals surface area contributed by atoms with Gasteiger partial charge in [-0.25, -0.2) is 4.98 Å². The normalized spacial score (nSPS) is 11.0. The second-order valence-corrected chi connectivity index (χ2v) is 6.28. The molecule has 0 amide bonds. The van der Waals surface area contributed by atoms with Crippen molar-refractivity contribution in [2.75, 3.05) is 7.11 Å². The zero-order valence-electron chi connectivity index (χ0n) is 11.5. The summed E-state index contributed by atoms with van der Waals surface area (Å²) < 4.78 is 6.15. The fourth-order valence-electron chi connectivity index (χ4n) is 2.20. The SMILES string of the molecule is COc1ccc(CCc2nc3ccc(Cl)cc3s2)cc1O. The average Bonchev–Trinajstić information content (AvgIpc) is 2.87. The summed E-state index contributed by atoms with van der Waals surface area (Å²) >= 11 is 7.65. The van der Waals surface area contributed by atoms with Crippen LogP contribution in [-0.2, 0) is 12.8 Å². The molecule has 0 aliphatic heterocycles. The number of thiazole rings is 1. The van der Waals surface area contributed by atoms with Crippen LogP contribution in [0.25, 0.3) is 10.2 Å². The fourth-order valence-corrected chi connectivity index (χ4v) is 3.44. The van der Waals surface area contributed by atoms with Crippen LogP contribution in [0.2, 0.25) is 5.02 Å². The van der Waals surface area contributed by atoms with Crippen LogP contribution in [0.3, 0.4) is 0 Å². The van der Waals surface area contributed by atoms with Crippen LogP contribution in [0.4, 0.5) is 0 Å². The van der Waals surface area contributed by atoms with Crippen LogP contribution in [0.15, 0.2) is 36.4 Å². The molecule has 0 aliphatic rings. The summed E-state index contributed by atoms with van der Waals surface area (Å²) in [6.45, 7) is 0. The Morgan fingerprint density at radius 3 is 2.81 bits per heavy atom. The number of aromatic nitrogens is 1. The lowest BCUT2D eigenvalue weighted by molar-refractivity contribution is 0.373. The fraction of sp³-hybridized carbons (Fsp3) is 0.188. The second-order valence-electron chi connectivity index (χ2n) is 4.73. The Kier molecular flexibility index (Phi) is 3.99. The largest absolute Gasteiger partial charge is 0.504 e. The van der Waals surface area contributed by atoms with E-state index in [1.165, 1.54) is 0 Å². The Balaban J connectivity index is 1.75. The molecule has 0 spiro atoms. The molecule has 1 aromatic heterocycles. The zero-order chi connectivity index (χ0) is 14.8. The van der Waals surface area contributed by atoms with Gasteiger partial charge in [0.05, 0.1) is 22.3 Å². The van der Waals surface area contributed by atoms with Crippen molar-refractivity contribution >= 4 is 33.2 Å². The Bertz CT molecular complexity index is 785. The van der Waals surface area contributed by atoms with Gasteiger partial charge in [-0.05, 0) is 42.3 Å². The number of benzene rings is 2. The van der Waals surface area contributed by atoms with Gasteiger partial charge in [0.25, 0.3) is 0 Å². The van der Waals surface area contributed by atoms with Crippen molar-refractivity contribution in [1.82, 2.24) is 4.98 Å². The summed E-state index contributed by atoms with van der Waals surface area (Å²) in [5.41, 5.74) is 2.04. The molecule has 108 valence electrons. The highest BCUT2D eigenvalue weighted by atomic mass is 35.5. The quantitative estimate of drug-likeness (QED) is 0.772. The molecule has 5 heteroatoms. The average molecular weight is 320 g/mol. The minimum Gasteiger partial charge on any atom is -0.504 e. The van der Waals surface area contributed by atoms with Crippen molar-refractivity contribution in [3.05, 3.63) is 52.0 Å². The van der Waals surface area contributed by atoms with E-state index in [9.17, 15) is 5.11 Å². The van der Waals surface area contributed by atoms with Crippen molar-refractivity contribution in [2.24, 2.45) is 0 Å². The standard InChI is InChI=1S/C16H14ClNO2S/c1-20-14-6-2-10(8-13(14)19)3-7-16-18-12-5-4-11(17)9-15(12)21-16/h2,4-6,8-9,19H,3,7H2,1H3. The number of hydrogen-bond donors (Lipinski definition) is 1. The molecular weight excluding hydrogens is 306 g/mol. The van der Waals surface area contributed by atoms with Gasteiger partial charge in [-0.15, -0.1) is 11.3 Å². The monoisotopic (exact) mass is 319 g/mol. The van der Waals surface area contributed by atoms with E-state index in [1.807, 2.05) is 24.3 Å². The maximum atomic E-state index is 9.78. The van der Waals surface area contributed by atoms with E-state index in [0.717, 1.165) is 38.7 Å². The highest BCUT2D eigenvalue weighted by Gasteiger charge is 2.07. The Morgan fingerprint density at radius 2 is 2.05 bits per heavy atom. The van der Waals surface area contributed by atoms with Gasteiger partial charge in [-0.3, -0.25) is 0 Å². The summed E-state index contributed by atoms with van der Waals surface area (Å²) in [4.78, 5) is 4.60. The van der Waals surface area contributed by atoms with Crippen molar-refractivity contribution in [1.29, 1.82) is 0 Å². The van der Waals surface area contributed by atoms with E-state index in [4.69, 9.17) is 16.3 Å². The zero-order valence-corrected chi connectivity index (χ0v) is 13.0. The van der Waals surface area contributed by atoms with Crippen LogP contribution in [0.5, 0.6) is 11.5 Å². The predicted octanol–water partition coefficient (Wildman–Crippen LogP) is 4.45. The Morgan fingerprint density at radius 1 is 1.19 bits per heavy atom. The first kappa shape index (κ1) is 14.2. The molecular formula is C16H14ClNO2S. The number of phenolic OH excluding ortho intramolecular Hbond substituents is 1. The third-order valence-electron chi connectivity index (χ3n) is 3.27. The maximum absolute atomic E-state index is 9.78. The number of rotatable bonds is 4. The van der Waals surface area contributed by atoms with Gasteiger partial charge in [-0.2, -0.15) is 0 Å². The number of fused-ring (bicyclic) bond motifs is 1. The van der Waals surface area contributed by atoms with Gasteiger partial charge in [0.2, 0.25) is 0 Å². The van der Waals surface area contributed by atoms with Gasteiger partial charge >= 0.3 is 0 Å². The number of hydrogen-bond acceptors (Lipinski definition) is 4. The van der Waals surface area contributed by atoms with Gasteiger partial charge in [0.1, 0.15) is 0 Å². The predicted molar refractivity (Wildman–Crippen MR) is 86.7 cm³/mol. The lowest BCUT2D eigenvalue weighted by Crippen LogP contribution is -1.91. The lowest BCUT2D eigenvalue weighted by Gasteiger charge is -2.05. The number of halogens is 1. The van der Waals surface area contributed by atoms with Gasteiger partial charge in [0, 0.05) is 11.4 Å². The molecule has 0 atom stereocenters. The van der Waals surface area contributed by atoms with Gasteiger partial charge < -0.3 is 9.84 Å². The van der Waals surface area contributed by atoms with Crippen molar-refractivity contribution in [3.8, 4) is 11.5 Å². The number of aromatic hydroxyl groups is 1. The van der Waals surface area contributed by atoms with Crippen LogP contribution in [-0.4, -0.2) is 17.2 Å². The summed E-state index contributed by atoms with van der Waals surface area (Å²) in [5, 5.41) is 11.6. The first-order chi connectivity index (χ1) is 10.2. The van der Waals surface area contributed by atoms with E-state index < -0.39 is 0 Å². The first-order valence-corrected chi connectivity index (χ1v) is 7.76. The van der Waals surface area contributed by atoms with Crippen molar-refractivity contribution < 1.29 is 9.84 Å². The Labute approximate surface area is 131 Å². The number of ether oxygens (including phenoxy) is 1. The molecule has 0 radical (unpaired) electrons. The van der Waals surface area contributed by atoms with Crippen molar-refractivity contribution in [2.45, 2.75) is 12.8 Å². The van der Waals surface area contributed by atoms with Gasteiger partial charge in [-0.1, -0.05) is 17.7 Å². The molecule has 3 rings (SSSR count). The van der Waals surface area contributed by atoms with E-state index in [2.05, 4.69) is 4.98 Å². The lowest BCUT2D eigenvalue weighted by atomic mass is 10.1. The van der Waals surface area contributed by atoms with E-state index in [0.29, 0.717) is 5.75 Å². The minimum absolute atomic E-state index is 0.172. The molecule has 0 saturated carbocycles. The molecule has 0 fully saturated rings. The number of aryl methyl sites for hydroxylation is 2. The van der Waals surface area contributed by atoms with Crippen molar-refractivity contribution in [3.63, 3.8) is 0 Å². The highest BCUT2D eigenvalue weighted by Crippen LogP contribution is 2.28. The molecule has 3 aromatic rings. The molecule has 1 N–H and O–H groups in total. The highest BCUT2D eigenvalue weighted by molar-refractivity contribution is 7.18. The number of nitrogens with zero attached hydrogens (tertiary/aromatic N) is 1. The smallest absolute Gasteiger partial charge is 0.160 e. The third kappa shape index (κ3) is 3.12. The molecule has 21 heavy (non-hydrogen) atoms. The Hall–Kier alpha value is -1.78. The summed E-state index contributed by atoms with van der Waals surface area (Å²) in [5.74, 6) is 0.666. The second kappa shape index (κ2) is 5.92. The van der Waals surface area contributed by atoms with Gasteiger partial charge in [0.15, 0.2) is 11.5 Å². The molecule has 2 aromatic carbocycles. The number of phenols is 1. The molecule has 3 nitrogen and oxygen atoms in total.